The van der Waals surface area contributed by atoms with Crippen molar-refractivity contribution in [1.82, 2.24) is 5.48 Å². The van der Waals surface area contributed by atoms with Gasteiger partial charge in [0.25, 0.3) is 0 Å². The molecule has 0 unspecified atom stereocenters. The van der Waals surface area contributed by atoms with E-state index in [0.29, 0.717) is 19.8 Å². The van der Waals surface area contributed by atoms with Gasteiger partial charge in [0.05, 0.1) is 0 Å². The van der Waals surface area contributed by atoms with Crippen LogP contribution < -0.4 is 10.2 Å². The van der Waals surface area contributed by atoms with E-state index in [1.807, 2.05) is 36.4 Å². The van der Waals surface area contributed by atoms with Crippen LogP contribution in [0.4, 0.5) is 0 Å². The van der Waals surface area contributed by atoms with Gasteiger partial charge in [-0.25, -0.2) is 0 Å². The fourth-order valence-electron chi connectivity index (χ4n) is 1.31. The molecule has 1 N–H and O–H groups in total. The van der Waals surface area contributed by atoms with Crippen LogP contribution in [0.25, 0.3) is 6.08 Å². The zero-order valence-corrected chi connectivity index (χ0v) is 7.90. The highest BCUT2D eigenvalue weighted by Gasteiger charge is 2.00. The minimum atomic E-state index is 0.558. The van der Waals surface area contributed by atoms with E-state index in [1.54, 1.807) is 0 Å². The SMILES string of the molecule is C1=Cc2ccccc2OCCONC1. The van der Waals surface area contributed by atoms with Gasteiger partial charge in [0, 0.05) is 12.1 Å². The molecule has 0 saturated carbocycles. The first-order chi connectivity index (χ1) is 6.97. The minimum absolute atomic E-state index is 0.558. The Kier molecular flexibility index (Phi) is 3.16. The maximum Gasteiger partial charge on any atom is 0.126 e. The van der Waals surface area contributed by atoms with E-state index < -0.39 is 0 Å². The Balaban J connectivity index is 2.21. The van der Waals surface area contributed by atoms with Crippen LogP contribution >= 0.6 is 0 Å². The smallest absolute Gasteiger partial charge is 0.126 e. The summed E-state index contributed by atoms with van der Waals surface area (Å²) in [5, 5.41) is 0. The molecule has 0 aromatic heterocycles. The molecule has 0 fully saturated rings. The normalized spacial score (nSPS) is 16.9. The third kappa shape index (κ3) is 2.34. The molecule has 0 radical (unpaired) electrons. The molecule has 0 bridgehead atoms. The first-order valence-corrected chi connectivity index (χ1v) is 4.70. The molecule has 0 atom stereocenters. The molecule has 0 saturated heterocycles. The molecular formula is C11H13NO2. The summed E-state index contributed by atoms with van der Waals surface area (Å²) in [5.41, 5.74) is 3.93. The average molecular weight is 191 g/mol. The van der Waals surface area contributed by atoms with Crippen LogP contribution in [-0.4, -0.2) is 19.8 Å². The van der Waals surface area contributed by atoms with E-state index in [-0.39, 0.29) is 0 Å². The lowest BCUT2D eigenvalue weighted by Crippen LogP contribution is -2.19. The predicted molar refractivity (Wildman–Crippen MR) is 54.9 cm³/mol. The highest BCUT2D eigenvalue weighted by atomic mass is 16.7. The highest BCUT2D eigenvalue weighted by Crippen LogP contribution is 2.19. The van der Waals surface area contributed by atoms with Gasteiger partial charge >= 0.3 is 0 Å². The van der Waals surface area contributed by atoms with Crippen molar-refractivity contribution in [3.63, 3.8) is 0 Å². The predicted octanol–water partition coefficient (Wildman–Crippen LogP) is 1.61. The molecule has 14 heavy (non-hydrogen) atoms. The van der Waals surface area contributed by atoms with Crippen LogP contribution in [0.2, 0.25) is 0 Å². The van der Waals surface area contributed by atoms with Gasteiger partial charge in [-0.3, -0.25) is 4.84 Å². The molecule has 0 amide bonds. The molecule has 3 nitrogen and oxygen atoms in total. The minimum Gasteiger partial charge on any atom is -0.490 e. The second-order valence-corrected chi connectivity index (χ2v) is 2.99. The number of ether oxygens (including phenoxy) is 1. The van der Waals surface area contributed by atoms with Gasteiger partial charge in [-0.1, -0.05) is 30.4 Å². The van der Waals surface area contributed by atoms with Crippen molar-refractivity contribution >= 4 is 6.08 Å². The molecule has 0 spiro atoms. The molecule has 1 aliphatic rings. The number of hydrogen-bond acceptors (Lipinski definition) is 3. The van der Waals surface area contributed by atoms with Crippen molar-refractivity contribution in [1.29, 1.82) is 0 Å². The molecule has 0 aliphatic carbocycles. The zero-order chi connectivity index (χ0) is 9.64. The fourth-order valence-corrected chi connectivity index (χ4v) is 1.31. The van der Waals surface area contributed by atoms with E-state index in [4.69, 9.17) is 9.57 Å². The van der Waals surface area contributed by atoms with Crippen molar-refractivity contribution < 1.29 is 9.57 Å². The zero-order valence-electron chi connectivity index (χ0n) is 7.90. The summed E-state index contributed by atoms with van der Waals surface area (Å²) in [4.78, 5) is 5.10. The number of hydroxylamine groups is 1. The Labute approximate surface area is 83.3 Å². The van der Waals surface area contributed by atoms with Gasteiger partial charge in [0.2, 0.25) is 0 Å². The maximum absolute atomic E-state index is 5.55. The average Bonchev–Trinajstić information content (AvgIpc) is 2.25. The van der Waals surface area contributed by atoms with Crippen molar-refractivity contribution in [2.24, 2.45) is 0 Å². The number of nitrogens with one attached hydrogen (secondary N) is 1. The molecule has 1 aromatic carbocycles. The first-order valence-electron chi connectivity index (χ1n) is 4.70. The van der Waals surface area contributed by atoms with Crippen LogP contribution in [0, 0.1) is 0 Å². The summed E-state index contributed by atoms with van der Waals surface area (Å²) in [6.07, 6.45) is 4.03. The number of benzene rings is 1. The largest absolute Gasteiger partial charge is 0.490 e. The Morgan fingerprint density at radius 2 is 2.07 bits per heavy atom. The second kappa shape index (κ2) is 4.79. The summed E-state index contributed by atoms with van der Waals surface area (Å²) in [6, 6.07) is 7.97. The lowest BCUT2D eigenvalue weighted by Gasteiger charge is -2.11. The van der Waals surface area contributed by atoms with Crippen molar-refractivity contribution in [2.75, 3.05) is 19.8 Å². The lowest BCUT2D eigenvalue weighted by atomic mass is 10.2. The summed E-state index contributed by atoms with van der Waals surface area (Å²) < 4.78 is 5.55. The van der Waals surface area contributed by atoms with E-state index in [9.17, 15) is 0 Å². The standard InChI is InChI=1S/C11H13NO2/c1-2-6-11-10(4-1)5-3-7-12-14-9-8-13-11/h1-6,12H,7-9H2. The second-order valence-electron chi connectivity index (χ2n) is 2.99. The number of para-hydroxylation sites is 1. The van der Waals surface area contributed by atoms with Gasteiger partial charge in [-0.05, 0) is 6.07 Å². The topological polar surface area (TPSA) is 30.5 Å². The quantitative estimate of drug-likeness (QED) is 0.675. The van der Waals surface area contributed by atoms with E-state index in [0.717, 1.165) is 11.3 Å². The Hall–Kier alpha value is -1.32. The lowest BCUT2D eigenvalue weighted by molar-refractivity contribution is 0.0284. The molecule has 1 aliphatic heterocycles. The Morgan fingerprint density at radius 1 is 1.14 bits per heavy atom. The third-order valence-electron chi connectivity index (χ3n) is 1.96. The van der Waals surface area contributed by atoms with Crippen LogP contribution in [0.3, 0.4) is 0 Å². The molecular weight excluding hydrogens is 178 g/mol. The Bertz CT molecular complexity index is 323. The summed E-state index contributed by atoms with van der Waals surface area (Å²) in [6.45, 7) is 1.84. The monoisotopic (exact) mass is 191 g/mol. The molecule has 3 heteroatoms. The van der Waals surface area contributed by atoms with E-state index in [1.165, 1.54) is 0 Å². The first kappa shape index (κ1) is 9.24. The molecule has 1 heterocycles. The fraction of sp³-hybridized carbons (Fsp3) is 0.273. The molecule has 1 aromatic rings. The van der Waals surface area contributed by atoms with Gasteiger partial charge in [-0.15, -0.1) is 0 Å². The third-order valence-corrected chi connectivity index (χ3v) is 1.96. The van der Waals surface area contributed by atoms with Gasteiger partial charge < -0.3 is 4.74 Å². The van der Waals surface area contributed by atoms with E-state index in [2.05, 4.69) is 5.48 Å². The van der Waals surface area contributed by atoms with Gasteiger partial charge in [0.15, 0.2) is 0 Å². The summed E-state index contributed by atoms with van der Waals surface area (Å²) >= 11 is 0. The number of rotatable bonds is 0. The van der Waals surface area contributed by atoms with E-state index >= 15 is 0 Å². The van der Waals surface area contributed by atoms with Crippen LogP contribution in [0.1, 0.15) is 5.56 Å². The summed E-state index contributed by atoms with van der Waals surface area (Å²) in [5.74, 6) is 0.911. The Morgan fingerprint density at radius 3 is 3.07 bits per heavy atom. The van der Waals surface area contributed by atoms with Crippen molar-refractivity contribution in [3.05, 3.63) is 35.9 Å². The molecule has 74 valence electrons. The van der Waals surface area contributed by atoms with Gasteiger partial charge in [0.1, 0.15) is 19.0 Å². The van der Waals surface area contributed by atoms with Crippen molar-refractivity contribution in [3.8, 4) is 5.75 Å². The van der Waals surface area contributed by atoms with Gasteiger partial charge in [-0.2, -0.15) is 5.48 Å². The number of fused-ring (bicyclic) bond motifs is 1. The van der Waals surface area contributed by atoms with Crippen LogP contribution in [-0.2, 0) is 4.84 Å². The summed E-state index contributed by atoms with van der Waals surface area (Å²) in [7, 11) is 0. The van der Waals surface area contributed by atoms with Crippen LogP contribution in [0.5, 0.6) is 5.75 Å². The molecule has 2 rings (SSSR count). The highest BCUT2D eigenvalue weighted by molar-refractivity contribution is 5.57. The number of hydrogen-bond donors (Lipinski definition) is 1. The van der Waals surface area contributed by atoms with Crippen LogP contribution in [0.15, 0.2) is 30.3 Å². The van der Waals surface area contributed by atoms with Crippen molar-refractivity contribution in [2.45, 2.75) is 0 Å². The maximum atomic E-state index is 5.55.